The molecule has 5 rings (SSSR count). The molecule has 2 aromatic carbocycles. The van der Waals surface area contributed by atoms with Crippen molar-refractivity contribution in [1.29, 1.82) is 0 Å². The molecule has 0 saturated heterocycles. The highest BCUT2D eigenvalue weighted by Gasteiger charge is 2.42. The Labute approximate surface area is 175 Å². The monoisotopic (exact) mass is 406 g/mol. The van der Waals surface area contributed by atoms with Crippen molar-refractivity contribution in [1.82, 2.24) is 15.5 Å². The number of fused-ring (bicyclic) bond motifs is 2. The zero-order chi connectivity index (χ0) is 20.6. The standard InChI is InChI=1S/C23H26N4O3/c1-29-15-8-9-16-20(13-23(30-21(16)12-15)10-3-2-4-11-23)26-22(28)25-18-6-5-7-19-17(18)14-24-27-19/h5-9,12,14,20H,2-4,10-11,13H2,1H3,(H,24,27)(H2,25,26,28). The molecule has 0 radical (unpaired) electrons. The fraction of sp³-hybridized carbons (Fsp3) is 0.391. The van der Waals surface area contributed by atoms with E-state index in [9.17, 15) is 4.79 Å². The lowest BCUT2D eigenvalue weighted by molar-refractivity contribution is -0.00117. The van der Waals surface area contributed by atoms with Crippen molar-refractivity contribution in [2.24, 2.45) is 0 Å². The van der Waals surface area contributed by atoms with Gasteiger partial charge in [0.05, 0.1) is 30.6 Å². The van der Waals surface area contributed by atoms with E-state index in [4.69, 9.17) is 9.47 Å². The summed E-state index contributed by atoms with van der Waals surface area (Å²) in [4.78, 5) is 12.9. The van der Waals surface area contributed by atoms with Crippen molar-refractivity contribution in [3.05, 3.63) is 48.2 Å². The summed E-state index contributed by atoms with van der Waals surface area (Å²) in [7, 11) is 1.65. The second kappa shape index (κ2) is 7.55. The van der Waals surface area contributed by atoms with Gasteiger partial charge in [-0.05, 0) is 49.9 Å². The maximum atomic E-state index is 12.9. The maximum absolute atomic E-state index is 12.9. The fourth-order valence-corrected chi connectivity index (χ4v) is 4.80. The number of H-pyrrole nitrogens is 1. The molecule has 2 amide bonds. The van der Waals surface area contributed by atoms with Gasteiger partial charge in [-0.2, -0.15) is 5.10 Å². The number of hydrogen-bond acceptors (Lipinski definition) is 4. The van der Waals surface area contributed by atoms with Crippen LogP contribution in [0.4, 0.5) is 10.5 Å². The summed E-state index contributed by atoms with van der Waals surface area (Å²) in [6.07, 6.45) is 8.06. The van der Waals surface area contributed by atoms with Gasteiger partial charge in [-0.1, -0.05) is 12.5 Å². The van der Waals surface area contributed by atoms with Crippen LogP contribution in [0.15, 0.2) is 42.6 Å². The lowest BCUT2D eigenvalue weighted by Crippen LogP contribution is -2.47. The summed E-state index contributed by atoms with van der Waals surface area (Å²) in [5.74, 6) is 1.57. The number of benzene rings is 2. The first-order valence-electron chi connectivity index (χ1n) is 10.5. The number of aromatic nitrogens is 2. The number of nitrogens with one attached hydrogen (secondary N) is 3. The van der Waals surface area contributed by atoms with E-state index in [-0.39, 0.29) is 17.7 Å². The van der Waals surface area contributed by atoms with E-state index in [1.165, 1.54) is 6.42 Å². The Hall–Kier alpha value is -3.22. The van der Waals surface area contributed by atoms with Crippen LogP contribution in [0.3, 0.4) is 0 Å². The number of rotatable bonds is 3. The van der Waals surface area contributed by atoms with Gasteiger partial charge in [-0.3, -0.25) is 5.10 Å². The zero-order valence-corrected chi connectivity index (χ0v) is 17.0. The molecule has 1 aromatic heterocycles. The third-order valence-corrected chi connectivity index (χ3v) is 6.30. The minimum absolute atomic E-state index is 0.124. The van der Waals surface area contributed by atoms with Crippen molar-refractivity contribution in [3.63, 3.8) is 0 Å². The molecule has 1 unspecified atom stereocenters. The van der Waals surface area contributed by atoms with Crippen molar-refractivity contribution >= 4 is 22.6 Å². The normalized spacial score (nSPS) is 19.7. The number of anilines is 1. The lowest BCUT2D eigenvalue weighted by Gasteiger charge is -2.44. The third kappa shape index (κ3) is 3.44. The number of hydrogen-bond donors (Lipinski definition) is 3. The molecule has 2 heterocycles. The van der Waals surface area contributed by atoms with Crippen LogP contribution < -0.4 is 20.1 Å². The summed E-state index contributed by atoms with van der Waals surface area (Å²) >= 11 is 0. The molecule has 3 aromatic rings. The van der Waals surface area contributed by atoms with Gasteiger partial charge >= 0.3 is 6.03 Å². The van der Waals surface area contributed by atoms with E-state index < -0.39 is 0 Å². The molecule has 1 spiro atoms. The molecular formula is C23H26N4O3. The molecule has 0 bridgehead atoms. The molecule has 7 nitrogen and oxygen atoms in total. The van der Waals surface area contributed by atoms with Crippen LogP contribution in [0.5, 0.6) is 11.5 Å². The Bertz CT molecular complexity index is 1070. The Morgan fingerprint density at radius 3 is 2.93 bits per heavy atom. The van der Waals surface area contributed by atoms with Gasteiger partial charge in [0.15, 0.2) is 0 Å². The van der Waals surface area contributed by atoms with Crippen LogP contribution in [0.25, 0.3) is 10.9 Å². The third-order valence-electron chi connectivity index (χ3n) is 6.30. The highest BCUT2D eigenvalue weighted by atomic mass is 16.5. The first-order chi connectivity index (χ1) is 14.7. The summed E-state index contributed by atoms with van der Waals surface area (Å²) in [6.45, 7) is 0. The molecule has 3 N–H and O–H groups in total. The fourth-order valence-electron chi connectivity index (χ4n) is 4.80. The summed E-state index contributed by atoms with van der Waals surface area (Å²) in [6, 6.07) is 11.2. The van der Waals surface area contributed by atoms with Crippen LogP contribution in [-0.4, -0.2) is 28.9 Å². The number of urea groups is 1. The summed E-state index contributed by atoms with van der Waals surface area (Å²) in [5, 5.41) is 14.0. The van der Waals surface area contributed by atoms with Gasteiger partial charge in [-0.15, -0.1) is 0 Å². The predicted molar refractivity (Wildman–Crippen MR) is 115 cm³/mol. The number of amides is 2. The number of methoxy groups -OCH3 is 1. The predicted octanol–water partition coefficient (Wildman–Crippen LogP) is 4.92. The molecule has 30 heavy (non-hydrogen) atoms. The first-order valence-corrected chi connectivity index (χ1v) is 10.5. The maximum Gasteiger partial charge on any atom is 0.319 e. The van der Waals surface area contributed by atoms with Crippen molar-refractivity contribution in [2.45, 2.75) is 50.2 Å². The molecular weight excluding hydrogens is 380 g/mol. The second-order valence-corrected chi connectivity index (χ2v) is 8.24. The van der Waals surface area contributed by atoms with Gasteiger partial charge < -0.3 is 20.1 Å². The largest absolute Gasteiger partial charge is 0.497 e. The first kappa shape index (κ1) is 18.8. The summed E-state index contributed by atoms with van der Waals surface area (Å²) in [5.41, 5.74) is 2.38. The van der Waals surface area contributed by atoms with Crippen molar-refractivity contribution in [3.8, 4) is 11.5 Å². The van der Waals surface area contributed by atoms with Crippen LogP contribution in [0.2, 0.25) is 0 Å². The van der Waals surface area contributed by atoms with Gasteiger partial charge in [-0.25, -0.2) is 4.79 Å². The Kier molecular flexibility index (Phi) is 4.73. The summed E-state index contributed by atoms with van der Waals surface area (Å²) < 4.78 is 11.9. The van der Waals surface area contributed by atoms with Crippen LogP contribution in [0.1, 0.15) is 50.1 Å². The van der Waals surface area contributed by atoms with E-state index in [0.717, 1.165) is 65.8 Å². The minimum atomic E-state index is -0.233. The van der Waals surface area contributed by atoms with Gasteiger partial charge in [0.1, 0.15) is 17.1 Å². The van der Waals surface area contributed by atoms with Crippen LogP contribution in [-0.2, 0) is 0 Å². The number of carbonyl (C=O) groups is 1. The SMILES string of the molecule is COc1ccc2c(c1)OC1(CCCCC1)CC2NC(=O)Nc1cccc2[nH]ncc12. The molecule has 1 atom stereocenters. The van der Waals surface area contributed by atoms with Crippen molar-refractivity contribution < 1.29 is 14.3 Å². The van der Waals surface area contributed by atoms with Gasteiger partial charge in [0, 0.05) is 23.4 Å². The highest BCUT2D eigenvalue weighted by molar-refractivity contribution is 6.00. The van der Waals surface area contributed by atoms with Crippen LogP contribution in [0, 0.1) is 0 Å². The number of ether oxygens (including phenoxy) is 2. The van der Waals surface area contributed by atoms with E-state index in [1.807, 2.05) is 36.4 Å². The average Bonchev–Trinajstić information content (AvgIpc) is 3.23. The van der Waals surface area contributed by atoms with E-state index in [1.54, 1.807) is 13.3 Å². The number of nitrogens with zero attached hydrogens (tertiary/aromatic N) is 1. The van der Waals surface area contributed by atoms with E-state index in [2.05, 4.69) is 20.8 Å². The number of carbonyl (C=O) groups excluding carboxylic acids is 1. The Balaban J connectivity index is 1.41. The number of aromatic amines is 1. The molecule has 1 saturated carbocycles. The van der Waals surface area contributed by atoms with Crippen molar-refractivity contribution in [2.75, 3.05) is 12.4 Å². The van der Waals surface area contributed by atoms with Gasteiger partial charge in [0.25, 0.3) is 0 Å². The quantitative estimate of drug-likeness (QED) is 0.576. The van der Waals surface area contributed by atoms with Crippen LogP contribution >= 0.6 is 0 Å². The molecule has 7 heteroatoms. The van der Waals surface area contributed by atoms with E-state index >= 15 is 0 Å². The lowest BCUT2D eigenvalue weighted by atomic mass is 9.77. The molecule has 2 aliphatic rings. The van der Waals surface area contributed by atoms with E-state index in [0.29, 0.717) is 0 Å². The molecule has 1 fully saturated rings. The molecule has 156 valence electrons. The second-order valence-electron chi connectivity index (χ2n) is 8.24. The smallest absolute Gasteiger partial charge is 0.319 e. The zero-order valence-electron chi connectivity index (χ0n) is 17.0. The highest BCUT2D eigenvalue weighted by Crippen LogP contribution is 2.47. The molecule has 1 aliphatic carbocycles. The Morgan fingerprint density at radius 2 is 2.10 bits per heavy atom. The molecule has 1 aliphatic heterocycles. The van der Waals surface area contributed by atoms with Gasteiger partial charge in [0.2, 0.25) is 0 Å². The topological polar surface area (TPSA) is 88.3 Å². The Morgan fingerprint density at radius 1 is 1.23 bits per heavy atom. The average molecular weight is 406 g/mol. The minimum Gasteiger partial charge on any atom is -0.497 e.